The SMILES string of the molecule is Cc1cc(NC(N)=S)cc(C)c1NC(=O)c1ccc(Cl)c(Cl)c1. The highest BCUT2D eigenvalue weighted by Crippen LogP contribution is 2.27. The van der Waals surface area contributed by atoms with Crippen LogP contribution in [-0.2, 0) is 0 Å². The van der Waals surface area contributed by atoms with Gasteiger partial charge in [0.2, 0.25) is 0 Å². The summed E-state index contributed by atoms with van der Waals surface area (Å²) < 4.78 is 0. The van der Waals surface area contributed by atoms with Gasteiger partial charge in [-0.15, -0.1) is 0 Å². The van der Waals surface area contributed by atoms with Crippen LogP contribution in [0.2, 0.25) is 10.0 Å². The summed E-state index contributed by atoms with van der Waals surface area (Å²) in [5, 5.41) is 6.70. The predicted molar refractivity (Wildman–Crippen MR) is 101 cm³/mol. The fourth-order valence-corrected chi connectivity index (χ4v) is 2.61. The number of benzene rings is 2. The highest BCUT2D eigenvalue weighted by molar-refractivity contribution is 7.80. The molecule has 0 unspecified atom stereocenters. The second kappa shape index (κ2) is 7.17. The van der Waals surface area contributed by atoms with Gasteiger partial charge in [-0.1, -0.05) is 23.2 Å². The average Bonchev–Trinajstić information content (AvgIpc) is 2.45. The smallest absolute Gasteiger partial charge is 0.255 e. The summed E-state index contributed by atoms with van der Waals surface area (Å²) in [6.07, 6.45) is 0. The molecule has 0 saturated carbocycles. The summed E-state index contributed by atoms with van der Waals surface area (Å²) in [6, 6.07) is 8.46. The highest BCUT2D eigenvalue weighted by Gasteiger charge is 2.12. The van der Waals surface area contributed by atoms with Gasteiger partial charge in [0.1, 0.15) is 0 Å². The molecule has 0 aromatic heterocycles. The average molecular weight is 368 g/mol. The van der Waals surface area contributed by atoms with Crippen LogP contribution in [0, 0.1) is 13.8 Å². The lowest BCUT2D eigenvalue weighted by Crippen LogP contribution is -2.19. The first-order valence-corrected chi connectivity index (χ1v) is 7.88. The molecular weight excluding hydrogens is 353 g/mol. The van der Waals surface area contributed by atoms with Crippen molar-refractivity contribution in [3.8, 4) is 0 Å². The Labute approximate surface area is 150 Å². The number of carbonyl (C=O) groups is 1. The molecule has 0 aliphatic rings. The van der Waals surface area contributed by atoms with Crippen LogP contribution in [0.5, 0.6) is 0 Å². The zero-order valence-electron chi connectivity index (χ0n) is 12.5. The van der Waals surface area contributed by atoms with E-state index >= 15 is 0 Å². The van der Waals surface area contributed by atoms with Crippen LogP contribution in [-0.4, -0.2) is 11.0 Å². The molecular formula is C16H15Cl2N3OS. The molecule has 0 aliphatic carbocycles. The second-order valence-corrected chi connectivity index (χ2v) is 6.31. The van der Waals surface area contributed by atoms with E-state index in [0.717, 1.165) is 22.5 Å². The van der Waals surface area contributed by atoms with Crippen molar-refractivity contribution in [3.05, 3.63) is 57.1 Å². The first-order chi connectivity index (χ1) is 10.8. The van der Waals surface area contributed by atoms with E-state index < -0.39 is 0 Å². The maximum Gasteiger partial charge on any atom is 0.255 e. The minimum atomic E-state index is -0.259. The molecule has 0 aliphatic heterocycles. The minimum absolute atomic E-state index is 0.191. The number of aryl methyl sites for hydroxylation is 2. The van der Waals surface area contributed by atoms with E-state index in [-0.39, 0.29) is 11.0 Å². The number of nitrogens with one attached hydrogen (secondary N) is 2. The van der Waals surface area contributed by atoms with Gasteiger partial charge in [-0.05, 0) is 67.5 Å². The fourth-order valence-electron chi connectivity index (χ4n) is 2.20. The summed E-state index contributed by atoms with van der Waals surface area (Å²) in [4.78, 5) is 12.4. The van der Waals surface area contributed by atoms with E-state index in [9.17, 15) is 4.79 Å². The van der Waals surface area contributed by atoms with Crippen LogP contribution >= 0.6 is 35.4 Å². The summed E-state index contributed by atoms with van der Waals surface area (Å²) >= 11 is 16.6. The number of halogens is 2. The monoisotopic (exact) mass is 367 g/mol. The van der Waals surface area contributed by atoms with Crippen LogP contribution in [0.4, 0.5) is 11.4 Å². The van der Waals surface area contributed by atoms with Gasteiger partial charge in [0.25, 0.3) is 5.91 Å². The van der Waals surface area contributed by atoms with E-state index in [2.05, 4.69) is 10.6 Å². The number of carbonyl (C=O) groups excluding carboxylic acids is 1. The van der Waals surface area contributed by atoms with Crippen LogP contribution in [0.25, 0.3) is 0 Å². The number of anilines is 2. The molecule has 0 bridgehead atoms. The number of hydrogen-bond donors (Lipinski definition) is 3. The standard InChI is InChI=1S/C16H15Cl2N3OS/c1-8-5-11(20-16(19)23)6-9(2)14(8)21-15(22)10-3-4-12(17)13(18)7-10/h3-7H,1-2H3,(H,21,22)(H3,19,20,23). The van der Waals surface area contributed by atoms with Gasteiger partial charge in [-0.2, -0.15) is 0 Å². The molecule has 120 valence electrons. The van der Waals surface area contributed by atoms with E-state index in [1.807, 2.05) is 26.0 Å². The Bertz CT molecular complexity index is 770. The van der Waals surface area contributed by atoms with Gasteiger partial charge >= 0.3 is 0 Å². The third-order valence-corrected chi connectivity index (χ3v) is 4.06. The second-order valence-electron chi connectivity index (χ2n) is 5.06. The topological polar surface area (TPSA) is 67.2 Å². The molecule has 0 radical (unpaired) electrons. The maximum atomic E-state index is 12.4. The molecule has 2 aromatic carbocycles. The lowest BCUT2D eigenvalue weighted by Gasteiger charge is -2.14. The van der Waals surface area contributed by atoms with Crippen LogP contribution < -0.4 is 16.4 Å². The molecule has 7 heteroatoms. The van der Waals surface area contributed by atoms with Crippen molar-refractivity contribution >= 4 is 57.8 Å². The van der Waals surface area contributed by atoms with Crippen molar-refractivity contribution in [3.63, 3.8) is 0 Å². The van der Waals surface area contributed by atoms with Crippen LogP contribution in [0.1, 0.15) is 21.5 Å². The summed E-state index contributed by atoms with van der Waals surface area (Å²) in [5.41, 5.74) is 9.19. The molecule has 0 spiro atoms. The molecule has 0 saturated heterocycles. The van der Waals surface area contributed by atoms with Crippen LogP contribution in [0.15, 0.2) is 30.3 Å². The fraction of sp³-hybridized carbons (Fsp3) is 0.125. The van der Waals surface area contributed by atoms with Gasteiger partial charge < -0.3 is 16.4 Å². The zero-order chi connectivity index (χ0) is 17.1. The Hall–Kier alpha value is -1.82. The third kappa shape index (κ3) is 4.34. The number of nitrogens with two attached hydrogens (primary N) is 1. The highest BCUT2D eigenvalue weighted by atomic mass is 35.5. The van der Waals surface area contributed by atoms with Crippen molar-refractivity contribution in [2.45, 2.75) is 13.8 Å². The largest absolute Gasteiger partial charge is 0.376 e. The van der Waals surface area contributed by atoms with E-state index in [4.69, 9.17) is 41.2 Å². The molecule has 0 atom stereocenters. The van der Waals surface area contributed by atoms with Gasteiger partial charge in [-0.25, -0.2) is 0 Å². The molecule has 2 aromatic rings. The maximum absolute atomic E-state index is 12.4. The number of rotatable bonds is 3. The summed E-state index contributed by atoms with van der Waals surface area (Å²) in [5.74, 6) is -0.259. The Kier molecular flexibility index (Phi) is 5.46. The third-order valence-electron chi connectivity index (χ3n) is 3.22. The molecule has 1 amide bonds. The van der Waals surface area contributed by atoms with E-state index in [0.29, 0.717) is 15.6 Å². The van der Waals surface area contributed by atoms with Gasteiger partial charge in [0, 0.05) is 16.9 Å². The van der Waals surface area contributed by atoms with Crippen molar-refractivity contribution in [2.75, 3.05) is 10.6 Å². The quantitative estimate of drug-likeness (QED) is 0.697. The number of thiocarbonyl (C=S) groups is 1. The van der Waals surface area contributed by atoms with Crippen molar-refractivity contribution < 1.29 is 4.79 Å². The van der Waals surface area contributed by atoms with Gasteiger partial charge in [-0.3, -0.25) is 4.79 Å². The molecule has 4 N–H and O–H groups in total. The Morgan fingerprint density at radius 2 is 1.65 bits per heavy atom. The van der Waals surface area contributed by atoms with E-state index in [1.165, 1.54) is 6.07 Å². The summed E-state index contributed by atoms with van der Waals surface area (Å²) in [6.45, 7) is 3.78. The molecule has 0 heterocycles. The normalized spacial score (nSPS) is 10.3. The molecule has 2 rings (SSSR count). The van der Waals surface area contributed by atoms with Crippen molar-refractivity contribution in [2.24, 2.45) is 5.73 Å². The number of hydrogen-bond acceptors (Lipinski definition) is 2. The van der Waals surface area contributed by atoms with E-state index in [1.54, 1.807) is 12.1 Å². The van der Waals surface area contributed by atoms with Crippen LogP contribution in [0.3, 0.4) is 0 Å². The predicted octanol–water partition coefficient (Wildman–Crippen LogP) is 4.52. The molecule has 4 nitrogen and oxygen atoms in total. The van der Waals surface area contributed by atoms with Gasteiger partial charge in [0.15, 0.2) is 5.11 Å². The van der Waals surface area contributed by atoms with Crippen molar-refractivity contribution in [1.82, 2.24) is 0 Å². The minimum Gasteiger partial charge on any atom is -0.376 e. The Morgan fingerprint density at radius 3 is 2.17 bits per heavy atom. The zero-order valence-corrected chi connectivity index (χ0v) is 14.9. The van der Waals surface area contributed by atoms with Crippen molar-refractivity contribution in [1.29, 1.82) is 0 Å². The summed E-state index contributed by atoms with van der Waals surface area (Å²) in [7, 11) is 0. The first kappa shape index (κ1) is 17.5. The molecule has 23 heavy (non-hydrogen) atoms. The lowest BCUT2D eigenvalue weighted by atomic mass is 10.1. The Balaban J connectivity index is 2.27. The Morgan fingerprint density at radius 1 is 1.04 bits per heavy atom. The van der Waals surface area contributed by atoms with Gasteiger partial charge in [0.05, 0.1) is 10.0 Å². The lowest BCUT2D eigenvalue weighted by molar-refractivity contribution is 0.102. The molecule has 0 fully saturated rings. The number of amides is 1. The first-order valence-electron chi connectivity index (χ1n) is 6.72.